The predicted molar refractivity (Wildman–Crippen MR) is 175 cm³/mol. The van der Waals surface area contributed by atoms with Crippen molar-refractivity contribution in [1.29, 1.82) is 0 Å². The number of aliphatic hydroxyl groups excluding tert-OH is 1. The monoisotopic (exact) mass is 671 g/mol. The van der Waals surface area contributed by atoms with E-state index in [1.165, 1.54) is 18.2 Å². The number of hydrogen-bond donors (Lipinski definition) is 6. The number of amides is 3. The minimum absolute atomic E-state index is 0.0199. The Labute approximate surface area is 268 Å². The minimum atomic E-state index is -4.54. The number of aliphatic hydroxyl groups is 1. The van der Waals surface area contributed by atoms with Gasteiger partial charge in [0.05, 0.1) is 33.4 Å². The summed E-state index contributed by atoms with van der Waals surface area (Å²) >= 11 is 0. The molecule has 0 saturated heterocycles. The van der Waals surface area contributed by atoms with Gasteiger partial charge in [-0.2, -0.15) is 18.2 Å². The van der Waals surface area contributed by atoms with E-state index in [-0.39, 0.29) is 35.8 Å². The van der Waals surface area contributed by atoms with Crippen molar-refractivity contribution in [1.82, 2.24) is 14.7 Å². The number of urea groups is 1. The summed E-state index contributed by atoms with van der Waals surface area (Å²) in [5.74, 6) is 4.16. The van der Waals surface area contributed by atoms with Gasteiger partial charge < -0.3 is 31.1 Å². The molecular weight excluding hydrogens is 639 g/mol. The topological polar surface area (TPSA) is 167 Å². The number of rotatable bonds is 11. The fraction of sp³-hybridized carbons (Fsp3) is 0.194. The van der Waals surface area contributed by atoms with E-state index in [9.17, 15) is 32.1 Å². The fourth-order valence-corrected chi connectivity index (χ4v) is 5.17. The summed E-state index contributed by atoms with van der Waals surface area (Å²) in [4.78, 5) is 33.4. The molecule has 3 amide bonds. The number of anilines is 5. The number of ether oxygens (including phenoxy) is 1. The third-order valence-electron chi connectivity index (χ3n) is 6.34. The summed E-state index contributed by atoms with van der Waals surface area (Å²) in [5, 5.41) is 20.8. The van der Waals surface area contributed by atoms with Gasteiger partial charge >= 0.3 is 18.3 Å². The first kappa shape index (κ1) is 34.5. The molecule has 6 N–H and O–H groups in total. The van der Waals surface area contributed by atoms with E-state index in [2.05, 4.69) is 41.8 Å². The van der Waals surface area contributed by atoms with Crippen molar-refractivity contribution in [3.05, 3.63) is 84.6 Å². The summed E-state index contributed by atoms with van der Waals surface area (Å²) < 4.78 is 59.1. The van der Waals surface area contributed by atoms with Crippen LogP contribution in [0.5, 0.6) is 0 Å². The first-order valence-electron chi connectivity index (χ1n) is 14.1. The Kier molecular flexibility index (Phi) is 10.9. The van der Waals surface area contributed by atoms with E-state index in [1.807, 2.05) is 0 Å². The summed E-state index contributed by atoms with van der Waals surface area (Å²) in [6.45, 7) is 3.28. The molecule has 3 aromatic carbocycles. The normalized spacial score (nSPS) is 13.1. The van der Waals surface area contributed by atoms with Crippen molar-refractivity contribution >= 4 is 56.5 Å². The first-order chi connectivity index (χ1) is 22.3. The van der Waals surface area contributed by atoms with Crippen LogP contribution in [-0.2, 0) is 20.6 Å². The molecule has 0 fully saturated rings. The second-order valence-electron chi connectivity index (χ2n) is 10.1. The van der Waals surface area contributed by atoms with Crippen LogP contribution in [0.2, 0.25) is 0 Å². The smallest absolute Gasteiger partial charge is 0.418 e. The lowest BCUT2D eigenvalue weighted by atomic mass is 10.1. The van der Waals surface area contributed by atoms with Crippen LogP contribution < -0.4 is 26.0 Å². The highest BCUT2D eigenvalue weighted by Crippen LogP contribution is 2.31. The van der Waals surface area contributed by atoms with Gasteiger partial charge in [0.25, 0.3) is 0 Å². The Morgan fingerprint density at radius 2 is 1.68 bits per heavy atom. The van der Waals surface area contributed by atoms with Crippen LogP contribution >= 0.6 is 0 Å². The lowest BCUT2D eigenvalue weighted by molar-refractivity contribution is -0.137. The van der Waals surface area contributed by atoms with E-state index < -0.39 is 33.6 Å². The average molecular weight is 672 g/mol. The van der Waals surface area contributed by atoms with Crippen molar-refractivity contribution < 1.29 is 36.8 Å². The standard InChI is InChI=1S/C31H32F3N7O5S/c1-4-46-30(44)41-47(3,45)25-10-6-9-24(16-25)37-28-35-17-26(27(40-28)36-19(2)18-42)20-11-13-22(14-12-20)38-29(43)39-23-8-5-7-21(15-23)31(32,33)34/h5-17,19,42H,3-4,18H2,1-2H3,(H2,38,39,43)(H,41,44,45)(H2,35,36,37,40)/t19-,47?/m1/s1. The van der Waals surface area contributed by atoms with Gasteiger partial charge in [-0.1, -0.05) is 24.3 Å². The molecule has 248 valence electrons. The number of alkyl halides is 3. The van der Waals surface area contributed by atoms with E-state index in [0.29, 0.717) is 28.3 Å². The molecule has 1 aromatic heterocycles. The van der Waals surface area contributed by atoms with Crippen LogP contribution in [0.15, 0.2) is 83.9 Å². The number of benzene rings is 3. The van der Waals surface area contributed by atoms with Crippen molar-refractivity contribution in [2.75, 3.05) is 34.5 Å². The van der Waals surface area contributed by atoms with Crippen LogP contribution in [0.3, 0.4) is 0 Å². The lowest BCUT2D eigenvalue weighted by Crippen LogP contribution is -2.31. The third-order valence-corrected chi connectivity index (χ3v) is 7.85. The number of hydrogen-bond acceptors (Lipinski definition) is 9. The molecule has 47 heavy (non-hydrogen) atoms. The van der Waals surface area contributed by atoms with Crippen LogP contribution in [0, 0.1) is 0 Å². The number of carbonyl (C=O) groups is 2. The molecule has 1 unspecified atom stereocenters. The Balaban J connectivity index is 1.51. The molecule has 1 heterocycles. The van der Waals surface area contributed by atoms with Crippen molar-refractivity contribution in [2.24, 2.45) is 0 Å². The molecule has 0 aliphatic heterocycles. The van der Waals surface area contributed by atoms with E-state index in [0.717, 1.165) is 12.1 Å². The van der Waals surface area contributed by atoms with Gasteiger partial charge in [0.15, 0.2) is 0 Å². The number of halogens is 3. The number of carbonyl (C=O) groups excluding carboxylic acids is 2. The summed E-state index contributed by atoms with van der Waals surface area (Å²) in [5.41, 5.74) is 1.13. The zero-order chi connectivity index (χ0) is 34.2. The zero-order valence-electron chi connectivity index (χ0n) is 25.2. The SMILES string of the molecule is C=S(=O)(NC(=O)OCC)c1cccc(Nc2ncc(-c3ccc(NC(=O)Nc4cccc(C(F)(F)F)c4)cc3)c(N[C@H](C)CO)n2)c1. The Morgan fingerprint density at radius 3 is 2.36 bits per heavy atom. The van der Waals surface area contributed by atoms with Gasteiger partial charge in [0, 0.05) is 34.9 Å². The molecule has 4 aromatic rings. The first-order valence-corrected chi connectivity index (χ1v) is 15.8. The molecule has 0 saturated carbocycles. The van der Waals surface area contributed by atoms with Crippen molar-refractivity contribution in [3.63, 3.8) is 0 Å². The van der Waals surface area contributed by atoms with Crippen LogP contribution in [0.1, 0.15) is 19.4 Å². The molecule has 0 bridgehead atoms. The maximum Gasteiger partial charge on any atom is 0.418 e. The largest absolute Gasteiger partial charge is 0.449 e. The molecule has 0 aliphatic rings. The predicted octanol–water partition coefficient (Wildman–Crippen LogP) is 6.08. The van der Waals surface area contributed by atoms with Gasteiger partial charge in [-0.25, -0.2) is 23.5 Å². The summed E-state index contributed by atoms with van der Waals surface area (Å²) in [6.07, 6.45) is -3.86. The number of nitrogens with zero attached hydrogens (tertiary/aromatic N) is 2. The molecule has 4 rings (SSSR count). The lowest BCUT2D eigenvalue weighted by Gasteiger charge is -2.17. The van der Waals surface area contributed by atoms with Crippen LogP contribution in [0.4, 0.5) is 51.6 Å². The molecule has 16 heteroatoms. The van der Waals surface area contributed by atoms with E-state index >= 15 is 0 Å². The number of nitrogens with one attached hydrogen (secondary N) is 5. The Hall–Kier alpha value is -5.35. The van der Waals surface area contributed by atoms with Gasteiger partial charge in [0.1, 0.15) is 5.82 Å². The van der Waals surface area contributed by atoms with Gasteiger partial charge in [-0.15, -0.1) is 0 Å². The zero-order valence-corrected chi connectivity index (χ0v) is 26.0. The highest BCUT2D eigenvalue weighted by atomic mass is 32.2. The average Bonchev–Trinajstić information content (AvgIpc) is 3.01. The highest BCUT2D eigenvalue weighted by Gasteiger charge is 2.30. The van der Waals surface area contributed by atoms with Crippen molar-refractivity contribution in [2.45, 2.75) is 31.0 Å². The second kappa shape index (κ2) is 14.8. The van der Waals surface area contributed by atoms with Gasteiger partial charge in [-0.05, 0) is 73.8 Å². The number of aromatic nitrogens is 2. The molecule has 0 radical (unpaired) electrons. The Morgan fingerprint density at radius 1 is 1.00 bits per heavy atom. The van der Waals surface area contributed by atoms with Crippen LogP contribution in [-0.4, -0.2) is 56.5 Å². The molecule has 2 atom stereocenters. The van der Waals surface area contributed by atoms with Gasteiger partial charge in [-0.3, -0.25) is 0 Å². The molecule has 0 spiro atoms. The molecular formula is C31H32F3N7O5S. The minimum Gasteiger partial charge on any atom is -0.449 e. The maximum absolute atomic E-state index is 13.0. The maximum atomic E-state index is 13.0. The Bertz CT molecular complexity index is 1840. The third kappa shape index (κ3) is 9.57. The summed E-state index contributed by atoms with van der Waals surface area (Å²) in [7, 11) is -3.22. The van der Waals surface area contributed by atoms with Gasteiger partial charge in [0.2, 0.25) is 5.95 Å². The highest BCUT2D eigenvalue weighted by molar-refractivity contribution is 7.99. The van der Waals surface area contributed by atoms with E-state index in [4.69, 9.17) is 4.74 Å². The quantitative estimate of drug-likeness (QED) is 0.104. The van der Waals surface area contributed by atoms with E-state index in [1.54, 1.807) is 62.5 Å². The fourth-order valence-electron chi connectivity index (χ4n) is 4.10. The molecule has 12 nitrogen and oxygen atoms in total. The van der Waals surface area contributed by atoms with Crippen molar-refractivity contribution in [3.8, 4) is 11.1 Å². The second-order valence-corrected chi connectivity index (χ2v) is 12.1. The van der Waals surface area contributed by atoms with Crippen LogP contribution in [0.25, 0.3) is 11.1 Å². The molecule has 0 aliphatic carbocycles. The summed E-state index contributed by atoms with van der Waals surface area (Å²) in [6, 6.07) is 16.1.